The van der Waals surface area contributed by atoms with Crippen LogP contribution in [-0.4, -0.2) is 56.0 Å². The maximum atomic E-state index is 12.3. The molecule has 0 radical (unpaired) electrons. The van der Waals surface area contributed by atoms with Gasteiger partial charge in [-0.15, -0.1) is 0 Å². The molecule has 2 heterocycles. The molecule has 0 aromatic rings. The molecule has 2 unspecified atom stereocenters. The molecule has 2 rings (SSSR count). The van der Waals surface area contributed by atoms with E-state index < -0.39 is 10.0 Å². The van der Waals surface area contributed by atoms with Crippen LogP contribution in [0.3, 0.4) is 0 Å². The highest BCUT2D eigenvalue weighted by Crippen LogP contribution is 2.23. The van der Waals surface area contributed by atoms with Crippen LogP contribution >= 0.6 is 0 Å². The first kappa shape index (κ1) is 14.2. The second kappa shape index (κ2) is 6.32. The van der Waals surface area contributed by atoms with Crippen molar-refractivity contribution in [3.05, 3.63) is 0 Å². The summed E-state index contributed by atoms with van der Waals surface area (Å²) in [5.74, 6) is 0.432. The van der Waals surface area contributed by atoms with Crippen molar-refractivity contribution in [3.8, 4) is 0 Å². The Labute approximate surface area is 109 Å². The predicted octanol–water partition coefficient (Wildman–Crippen LogP) is 0.590. The molecular weight excluding hydrogens is 254 g/mol. The van der Waals surface area contributed by atoms with Gasteiger partial charge in [-0.05, 0) is 38.0 Å². The van der Waals surface area contributed by atoms with Crippen LogP contribution < -0.4 is 0 Å². The van der Waals surface area contributed by atoms with E-state index in [2.05, 4.69) is 0 Å². The summed E-state index contributed by atoms with van der Waals surface area (Å²) in [5, 5.41) is 8.95. The molecule has 0 aliphatic carbocycles. The fourth-order valence-corrected chi connectivity index (χ4v) is 4.60. The minimum Gasteiger partial charge on any atom is -0.396 e. The maximum absolute atomic E-state index is 12.3. The van der Waals surface area contributed by atoms with E-state index in [0.717, 1.165) is 25.7 Å². The number of sulfonamides is 1. The van der Waals surface area contributed by atoms with Crippen molar-refractivity contribution in [2.75, 3.05) is 32.1 Å². The van der Waals surface area contributed by atoms with Crippen molar-refractivity contribution in [1.82, 2.24) is 4.31 Å². The van der Waals surface area contributed by atoms with E-state index in [1.54, 1.807) is 4.31 Å². The number of ether oxygens (including phenoxy) is 1. The second-order valence-corrected chi connectivity index (χ2v) is 7.31. The first-order chi connectivity index (χ1) is 8.62. The Balaban J connectivity index is 1.91. The summed E-state index contributed by atoms with van der Waals surface area (Å²) in [6.07, 6.45) is 4.32. The zero-order chi connectivity index (χ0) is 13.0. The summed E-state index contributed by atoms with van der Waals surface area (Å²) in [4.78, 5) is 0. The van der Waals surface area contributed by atoms with Crippen LogP contribution in [0, 0.1) is 5.92 Å². The van der Waals surface area contributed by atoms with Gasteiger partial charge < -0.3 is 9.84 Å². The first-order valence-electron chi connectivity index (χ1n) is 6.82. The lowest BCUT2D eigenvalue weighted by Crippen LogP contribution is -2.43. The molecule has 18 heavy (non-hydrogen) atoms. The Bertz CT molecular complexity index is 349. The van der Waals surface area contributed by atoms with Gasteiger partial charge in [0.25, 0.3) is 0 Å². The monoisotopic (exact) mass is 277 g/mol. The Morgan fingerprint density at radius 2 is 2.11 bits per heavy atom. The topological polar surface area (TPSA) is 66.8 Å². The molecule has 106 valence electrons. The Hall–Kier alpha value is -0.170. The van der Waals surface area contributed by atoms with Crippen LogP contribution in [0.15, 0.2) is 0 Å². The molecule has 2 aliphatic heterocycles. The Morgan fingerprint density at radius 1 is 1.28 bits per heavy atom. The molecule has 1 N–H and O–H groups in total. The molecule has 5 nitrogen and oxygen atoms in total. The first-order valence-corrected chi connectivity index (χ1v) is 8.43. The highest BCUT2D eigenvalue weighted by molar-refractivity contribution is 7.89. The van der Waals surface area contributed by atoms with Crippen molar-refractivity contribution < 1.29 is 18.3 Å². The summed E-state index contributed by atoms with van der Waals surface area (Å²) < 4.78 is 31.6. The van der Waals surface area contributed by atoms with Gasteiger partial charge in [0, 0.05) is 26.3 Å². The second-order valence-electron chi connectivity index (χ2n) is 5.29. The zero-order valence-corrected chi connectivity index (χ0v) is 11.6. The van der Waals surface area contributed by atoms with E-state index >= 15 is 0 Å². The molecule has 0 bridgehead atoms. The average Bonchev–Trinajstić information content (AvgIpc) is 2.82. The Morgan fingerprint density at radius 3 is 2.78 bits per heavy atom. The van der Waals surface area contributed by atoms with Gasteiger partial charge in [-0.25, -0.2) is 12.7 Å². The van der Waals surface area contributed by atoms with E-state index in [0.29, 0.717) is 32.0 Å². The van der Waals surface area contributed by atoms with Crippen molar-refractivity contribution in [1.29, 1.82) is 0 Å². The number of aliphatic hydroxyl groups is 1. The van der Waals surface area contributed by atoms with E-state index in [9.17, 15) is 8.42 Å². The third-order valence-corrected chi connectivity index (χ3v) is 5.74. The number of hydrogen-bond acceptors (Lipinski definition) is 4. The molecule has 0 saturated carbocycles. The van der Waals surface area contributed by atoms with Crippen LogP contribution in [-0.2, 0) is 14.8 Å². The quantitative estimate of drug-likeness (QED) is 0.798. The van der Waals surface area contributed by atoms with Gasteiger partial charge in [-0.3, -0.25) is 0 Å². The third kappa shape index (κ3) is 3.66. The summed E-state index contributed by atoms with van der Waals surface area (Å²) in [5.41, 5.74) is 0. The maximum Gasteiger partial charge on any atom is 0.216 e. The molecule has 2 aliphatic rings. The van der Waals surface area contributed by atoms with E-state index in [1.807, 2.05) is 0 Å². The number of nitrogens with zero attached hydrogens (tertiary/aromatic N) is 1. The summed E-state index contributed by atoms with van der Waals surface area (Å²) in [6, 6.07) is 0. The minimum absolute atomic E-state index is 0.117. The minimum atomic E-state index is -3.19. The van der Waals surface area contributed by atoms with Gasteiger partial charge in [0.2, 0.25) is 10.0 Å². The van der Waals surface area contributed by atoms with E-state index in [-0.39, 0.29) is 18.5 Å². The standard InChI is InChI=1S/C12H23NO4S/c14-7-5-11-3-1-6-13(9-11)18(15,16)10-12-4-2-8-17-12/h11-12,14H,1-10H2. The third-order valence-electron chi connectivity index (χ3n) is 3.83. The van der Waals surface area contributed by atoms with Crippen molar-refractivity contribution >= 4 is 10.0 Å². The normalized spacial score (nSPS) is 30.7. The summed E-state index contributed by atoms with van der Waals surface area (Å²) in [7, 11) is -3.19. The number of hydrogen-bond donors (Lipinski definition) is 1. The lowest BCUT2D eigenvalue weighted by molar-refractivity contribution is 0.125. The van der Waals surface area contributed by atoms with Gasteiger partial charge in [0.15, 0.2) is 0 Å². The molecule has 2 atom stereocenters. The molecule has 0 amide bonds. The fourth-order valence-electron chi connectivity index (χ4n) is 2.81. The SMILES string of the molecule is O=S(=O)(CC1CCCO1)N1CCCC(CCO)C1. The van der Waals surface area contributed by atoms with Gasteiger partial charge in [-0.2, -0.15) is 0 Å². The number of piperidine rings is 1. The Kier molecular flexibility index (Phi) is 5.00. The van der Waals surface area contributed by atoms with Crippen molar-refractivity contribution in [2.45, 2.75) is 38.2 Å². The highest BCUT2D eigenvalue weighted by atomic mass is 32.2. The molecule has 0 aromatic carbocycles. The van der Waals surface area contributed by atoms with E-state index in [4.69, 9.17) is 9.84 Å². The molecule has 6 heteroatoms. The number of aliphatic hydroxyl groups excluding tert-OH is 1. The largest absolute Gasteiger partial charge is 0.396 e. The molecular formula is C12H23NO4S. The lowest BCUT2D eigenvalue weighted by atomic mass is 9.97. The predicted molar refractivity (Wildman–Crippen MR) is 68.8 cm³/mol. The van der Waals surface area contributed by atoms with Crippen LogP contribution in [0.2, 0.25) is 0 Å². The molecule has 0 aromatic heterocycles. The van der Waals surface area contributed by atoms with Crippen molar-refractivity contribution in [3.63, 3.8) is 0 Å². The average molecular weight is 277 g/mol. The van der Waals surface area contributed by atoms with Crippen LogP contribution in [0.25, 0.3) is 0 Å². The van der Waals surface area contributed by atoms with Crippen LogP contribution in [0.5, 0.6) is 0 Å². The van der Waals surface area contributed by atoms with E-state index in [1.165, 1.54) is 0 Å². The molecule has 0 spiro atoms. The molecule has 2 saturated heterocycles. The lowest BCUT2D eigenvalue weighted by Gasteiger charge is -2.32. The summed E-state index contributed by atoms with van der Waals surface area (Å²) >= 11 is 0. The molecule has 2 fully saturated rings. The highest BCUT2D eigenvalue weighted by Gasteiger charge is 2.32. The fraction of sp³-hybridized carbons (Fsp3) is 1.00. The van der Waals surface area contributed by atoms with Crippen LogP contribution in [0.4, 0.5) is 0 Å². The van der Waals surface area contributed by atoms with Crippen LogP contribution in [0.1, 0.15) is 32.1 Å². The van der Waals surface area contributed by atoms with Gasteiger partial charge >= 0.3 is 0 Å². The van der Waals surface area contributed by atoms with Gasteiger partial charge in [0.1, 0.15) is 0 Å². The zero-order valence-electron chi connectivity index (χ0n) is 10.8. The van der Waals surface area contributed by atoms with Crippen molar-refractivity contribution in [2.24, 2.45) is 5.92 Å². The van der Waals surface area contributed by atoms with Gasteiger partial charge in [0.05, 0.1) is 11.9 Å². The number of rotatable bonds is 5. The summed E-state index contributed by atoms with van der Waals surface area (Å²) in [6.45, 7) is 2.02. The smallest absolute Gasteiger partial charge is 0.216 e. The van der Waals surface area contributed by atoms with Gasteiger partial charge in [-0.1, -0.05) is 0 Å².